The van der Waals surface area contributed by atoms with Crippen molar-refractivity contribution >= 4 is 18.7 Å². The number of aliphatic hydroxyl groups is 1. The number of fused-ring (bicyclic) bond motifs is 1. The molecule has 0 bridgehead atoms. The smallest absolute Gasteiger partial charge is 0.261 e. The molecule has 2 heterocycles. The van der Waals surface area contributed by atoms with Crippen molar-refractivity contribution in [2.75, 3.05) is 6.61 Å². The topological polar surface area (TPSA) is 57.2 Å². The Morgan fingerprint density at radius 1 is 0.969 bits per heavy atom. The van der Waals surface area contributed by atoms with E-state index in [4.69, 9.17) is 18.6 Å². The highest BCUT2D eigenvalue weighted by Crippen LogP contribution is 2.42. The van der Waals surface area contributed by atoms with Crippen LogP contribution in [-0.2, 0) is 18.6 Å². The maximum absolute atomic E-state index is 11.2. The molecule has 2 aliphatic rings. The summed E-state index contributed by atoms with van der Waals surface area (Å²) in [6.45, 7) is 12.7. The van der Waals surface area contributed by atoms with Gasteiger partial charge >= 0.3 is 0 Å². The van der Waals surface area contributed by atoms with Crippen LogP contribution in [0.1, 0.15) is 41.5 Å². The molecule has 0 radical (unpaired) electrons. The first kappa shape index (κ1) is 23.6. The van der Waals surface area contributed by atoms with Crippen LogP contribution in [0.2, 0.25) is 5.04 Å². The van der Waals surface area contributed by atoms with Gasteiger partial charge in [-0.15, -0.1) is 0 Å². The molecule has 6 heteroatoms. The molecular weight excluding hydrogens is 420 g/mol. The minimum atomic E-state index is -2.71. The van der Waals surface area contributed by atoms with Crippen molar-refractivity contribution in [1.82, 2.24) is 0 Å². The molecule has 0 aliphatic carbocycles. The monoisotopic (exact) mass is 456 g/mol. The minimum absolute atomic E-state index is 0.000436. The fourth-order valence-corrected chi connectivity index (χ4v) is 9.77. The standard InChI is InChI=1S/C26H36O5Si/c1-18-22(29-24-23(18)30-26(5,6)31-24)21(27)17-28-32(25(2,3)4,19-13-9-7-10-14-19)20-15-11-8-12-16-20/h7-16,18,21-24,27H,17H2,1-6H3/t18-,21?,22+,23-,24-/m1/s1. The quantitative estimate of drug-likeness (QED) is 0.675. The van der Waals surface area contributed by atoms with Crippen LogP contribution in [0.25, 0.3) is 0 Å². The van der Waals surface area contributed by atoms with E-state index in [0.717, 1.165) is 0 Å². The van der Waals surface area contributed by atoms with E-state index >= 15 is 0 Å². The molecule has 4 rings (SSSR count). The Hall–Kier alpha value is -1.54. The van der Waals surface area contributed by atoms with Gasteiger partial charge in [0.2, 0.25) is 0 Å². The Bertz CT molecular complexity index is 856. The molecule has 0 aromatic heterocycles. The lowest BCUT2D eigenvalue weighted by molar-refractivity contribution is -0.220. The minimum Gasteiger partial charge on any atom is -0.405 e. The first-order chi connectivity index (χ1) is 15.1. The zero-order valence-corrected chi connectivity index (χ0v) is 20.9. The predicted molar refractivity (Wildman–Crippen MR) is 127 cm³/mol. The van der Waals surface area contributed by atoms with Gasteiger partial charge in [0, 0.05) is 5.92 Å². The van der Waals surface area contributed by atoms with Gasteiger partial charge in [-0.25, -0.2) is 0 Å². The van der Waals surface area contributed by atoms with Crippen LogP contribution in [0, 0.1) is 5.92 Å². The van der Waals surface area contributed by atoms with Gasteiger partial charge in [-0.3, -0.25) is 0 Å². The Balaban J connectivity index is 1.60. The van der Waals surface area contributed by atoms with E-state index in [1.54, 1.807) is 0 Å². The number of hydrogen-bond acceptors (Lipinski definition) is 5. The lowest BCUT2D eigenvalue weighted by atomic mass is 9.97. The predicted octanol–water partition coefficient (Wildman–Crippen LogP) is 3.44. The summed E-state index contributed by atoms with van der Waals surface area (Å²) < 4.78 is 24.9. The fourth-order valence-electron chi connectivity index (χ4n) is 5.19. The molecule has 0 spiro atoms. The third-order valence-corrected chi connectivity index (χ3v) is 11.7. The molecule has 2 fully saturated rings. The van der Waals surface area contributed by atoms with Gasteiger partial charge in [0.05, 0.1) is 12.7 Å². The van der Waals surface area contributed by atoms with Crippen LogP contribution in [-0.4, -0.2) is 50.4 Å². The molecule has 5 nitrogen and oxygen atoms in total. The van der Waals surface area contributed by atoms with E-state index in [2.05, 4.69) is 69.3 Å². The highest BCUT2D eigenvalue weighted by molar-refractivity contribution is 6.99. The van der Waals surface area contributed by atoms with Gasteiger partial charge in [-0.2, -0.15) is 0 Å². The van der Waals surface area contributed by atoms with E-state index in [-0.39, 0.29) is 23.7 Å². The Morgan fingerprint density at radius 3 is 1.97 bits per heavy atom. The Kier molecular flexibility index (Phi) is 6.40. The summed E-state index contributed by atoms with van der Waals surface area (Å²) in [4.78, 5) is 0. The third-order valence-electron chi connectivity index (χ3n) is 6.68. The molecule has 0 saturated carbocycles. The SMILES string of the molecule is C[C@H]1[C@H]2OC(C)(C)O[C@H]2O[C@@H]1C(O)CO[Si](c1ccccc1)(c1ccccc1)C(C)(C)C. The van der Waals surface area contributed by atoms with E-state index in [0.29, 0.717) is 0 Å². The van der Waals surface area contributed by atoms with Crippen LogP contribution < -0.4 is 10.4 Å². The van der Waals surface area contributed by atoms with Crippen molar-refractivity contribution < 1.29 is 23.7 Å². The largest absolute Gasteiger partial charge is 0.405 e. The van der Waals surface area contributed by atoms with Crippen LogP contribution in [0.4, 0.5) is 0 Å². The van der Waals surface area contributed by atoms with Gasteiger partial charge in [-0.05, 0) is 29.3 Å². The van der Waals surface area contributed by atoms with E-state index in [9.17, 15) is 5.11 Å². The number of benzene rings is 2. The van der Waals surface area contributed by atoms with Crippen molar-refractivity contribution in [3.05, 3.63) is 60.7 Å². The summed E-state index contributed by atoms with van der Waals surface area (Å²) in [5.41, 5.74) is 0. The van der Waals surface area contributed by atoms with E-state index in [1.165, 1.54) is 10.4 Å². The van der Waals surface area contributed by atoms with Gasteiger partial charge < -0.3 is 23.7 Å². The summed E-state index contributed by atoms with van der Waals surface area (Å²) in [6, 6.07) is 20.9. The molecule has 5 atom stereocenters. The molecule has 1 unspecified atom stereocenters. The second-order valence-electron chi connectivity index (χ2n) is 10.5. The van der Waals surface area contributed by atoms with Crippen LogP contribution in [0.5, 0.6) is 0 Å². The average molecular weight is 457 g/mol. The van der Waals surface area contributed by atoms with E-state index < -0.39 is 32.6 Å². The van der Waals surface area contributed by atoms with Crippen molar-refractivity contribution in [3.8, 4) is 0 Å². The van der Waals surface area contributed by atoms with Crippen molar-refractivity contribution in [2.45, 2.75) is 77.0 Å². The molecular formula is C26H36O5Si. The van der Waals surface area contributed by atoms with Crippen LogP contribution in [0.15, 0.2) is 60.7 Å². The van der Waals surface area contributed by atoms with Crippen LogP contribution >= 0.6 is 0 Å². The molecule has 1 N–H and O–H groups in total. The van der Waals surface area contributed by atoms with E-state index in [1.807, 2.05) is 32.9 Å². The number of hydrogen-bond donors (Lipinski definition) is 1. The lowest BCUT2D eigenvalue weighted by Crippen LogP contribution is -2.67. The first-order valence-corrected chi connectivity index (χ1v) is 13.4. The summed E-state index contributed by atoms with van der Waals surface area (Å²) in [5.74, 6) is -0.662. The summed E-state index contributed by atoms with van der Waals surface area (Å²) >= 11 is 0. The summed E-state index contributed by atoms with van der Waals surface area (Å²) in [5, 5.41) is 13.4. The fraction of sp³-hybridized carbons (Fsp3) is 0.538. The van der Waals surface area contributed by atoms with Gasteiger partial charge in [0.25, 0.3) is 8.32 Å². The molecule has 2 aromatic rings. The maximum Gasteiger partial charge on any atom is 0.261 e. The highest BCUT2D eigenvalue weighted by atomic mass is 28.4. The normalized spacial score (nSPS) is 28.5. The Morgan fingerprint density at radius 2 is 1.50 bits per heavy atom. The summed E-state index contributed by atoms with van der Waals surface area (Å²) in [6.07, 6.45) is -1.82. The van der Waals surface area contributed by atoms with Crippen molar-refractivity contribution in [2.24, 2.45) is 5.92 Å². The average Bonchev–Trinajstić information content (AvgIpc) is 3.21. The van der Waals surface area contributed by atoms with Crippen molar-refractivity contribution in [3.63, 3.8) is 0 Å². The zero-order chi connectivity index (χ0) is 23.1. The molecule has 32 heavy (non-hydrogen) atoms. The molecule has 2 aliphatic heterocycles. The van der Waals surface area contributed by atoms with Crippen molar-refractivity contribution in [1.29, 1.82) is 0 Å². The molecule has 174 valence electrons. The highest BCUT2D eigenvalue weighted by Gasteiger charge is 2.55. The Labute approximate surface area is 192 Å². The number of ether oxygens (including phenoxy) is 3. The lowest BCUT2D eigenvalue weighted by Gasteiger charge is -2.43. The molecule has 2 saturated heterocycles. The van der Waals surface area contributed by atoms with Gasteiger partial charge in [-0.1, -0.05) is 88.4 Å². The third kappa shape index (κ3) is 4.20. The maximum atomic E-state index is 11.2. The van der Waals surface area contributed by atoms with Gasteiger partial charge in [0.1, 0.15) is 12.2 Å². The first-order valence-electron chi connectivity index (χ1n) is 11.5. The second kappa shape index (κ2) is 8.67. The second-order valence-corrected chi connectivity index (χ2v) is 14.8. The summed E-state index contributed by atoms with van der Waals surface area (Å²) in [7, 11) is -2.71. The number of rotatable bonds is 6. The zero-order valence-electron chi connectivity index (χ0n) is 19.9. The van der Waals surface area contributed by atoms with Crippen LogP contribution in [0.3, 0.4) is 0 Å². The molecule has 2 aromatic carbocycles. The molecule has 0 amide bonds. The number of aliphatic hydroxyl groups excluding tert-OH is 1. The van der Waals surface area contributed by atoms with Gasteiger partial charge in [0.15, 0.2) is 12.1 Å².